The zero-order valence-electron chi connectivity index (χ0n) is 16.7. The molecule has 2 N–H and O–H groups in total. The summed E-state index contributed by atoms with van der Waals surface area (Å²) in [4.78, 5) is 17.3. The van der Waals surface area contributed by atoms with Gasteiger partial charge in [0.15, 0.2) is 10.7 Å². The number of fused-ring (bicyclic) bond motifs is 1. The molecule has 11 heteroatoms. The van der Waals surface area contributed by atoms with Crippen molar-refractivity contribution < 1.29 is 13.9 Å². The van der Waals surface area contributed by atoms with Gasteiger partial charge in [-0.3, -0.25) is 10.1 Å². The highest BCUT2D eigenvalue weighted by Gasteiger charge is 2.18. The summed E-state index contributed by atoms with van der Waals surface area (Å²) < 4.78 is 13.1. The second-order valence-electron chi connectivity index (χ2n) is 6.70. The molecule has 4 rings (SSSR count). The second kappa shape index (κ2) is 10.1. The number of nitrogens with one attached hydrogen (secondary N) is 2. The molecule has 0 aliphatic rings. The highest BCUT2D eigenvalue weighted by Crippen LogP contribution is 2.33. The van der Waals surface area contributed by atoms with Crippen LogP contribution < -0.4 is 15.4 Å². The number of methoxy groups -OCH3 is 1. The highest BCUT2D eigenvalue weighted by atomic mass is 127. The van der Waals surface area contributed by atoms with E-state index in [4.69, 9.17) is 44.6 Å². The fourth-order valence-corrected chi connectivity index (χ4v) is 4.74. The van der Waals surface area contributed by atoms with E-state index in [-0.39, 0.29) is 21.4 Å². The van der Waals surface area contributed by atoms with Crippen molar-refractivity contribution in [1.82, 2.24) is 10.3 Å². The third-order valence-electron chi connectivity index (χ3n) is 4.49. The molecule has 3 aromatic carbocycles. The molecule has 168 valence electrons. The Kier molecular flexibility index (Phi) is 7.44. The average Bonchev–Trinajstić information content (AvgIpc) is 3.18. The first-order valence-corrected chi connectivity index (χ1v) is 12.3. The van der Waals surface area contributed by atoms with Gasteiger partial charge in [0.05, 0.1) is 23.3 Å². The summed E-state index contributed by atoms with van der Waals surface area (Å²) in [6, 6.07) is 14.2. The Balaban J connectivity index is 1.53. The summed E-state index contributed by atoms with van der Waals surface area (Å²) in [5, 5.41) is 6.18. The normalized spacial score (nSPS) is 10.8. The van der Waals surface area contributed by atoms with Crippen LogP contribution in [0.3, 0.4) is 0 Å². The van der Waals surface area contributed by atoms with Crippen molar-refractivity contribution in [2.75, 3.05) is 12.4 Å². The van der Waals surface area contributed by atoms with Crippen molar-refractivity contribution in [1.29, 1.82) is 0 Å². The van der Waals surface area contributed by atoms with E-state index < -0.39 is 5.91 Å². The van der Waals surface area contributed by atoms with Crippen molar-refractivity contribution >= 4 is 102 Å². The van der Waals surface area contributed by atoms with E-state index in [0.717, 1.165) is 13.6 Å². The van der Waals surface area contributed by atoms with Gasteiger partial charge < -0.3 is 14.5 Å². The fraction of sp³-hybridized carbons (Fsp3) is 0.0455. The Morgan fingerprint density at radius 3 is 2.73 bits per heavy atom. The van der Waals surface area contributed by atoms with Gasteiger partial charge in [-0.1, -0.05) is 23.2 Å². The average molecular weight is 677 g/mol. The Morgan fingerprint density at radius 2 is 1.97 bits per heavy atom. The minimum atomic E-state index is -0.512. The van der Waals surface area contributed by atoms with E-state index in [9.17, 15) is 4.79 Å². The third-order valence-corrected chi connectivity index (χ3v) is 6.55. The first-order valence-electron chi connectivity index (χ1n) is 9.26. The first kappa shape index (κ1) is 24.2. The largest absolute Gasteiger partial charge is 0.494 e. The molecule has 0 saturated heterocycles. The predicted octanol–water partition coefficient (Wildman–Crippen LogP) is 7.30. The maximum atomic E-state index is 12.7. The van der Waals surface area contributed by atoms with Gasteiger partial charge in [-0.15, -0.1) is 0 Å². The molecule has 0 aliphatic carbocycles. The Hall–Kier alpha value is -1.92. The molecule has 0 bridgehead atoms. The van der Waals surface area contributed by atoms with Gasteiger partial charge in [0, 0.05) is 18.8 Å². The highest BCUT2D eigenvalue weighted by molar-refractivity contribution is 14.1. The van der Waals surface area contributed by atoms with Crippen molar-refractivity contribution in [3.05, 3.63) is 72.2 Å². The van der Waals surface area contributed by atoms with Gasteiger partial charge in [-0.25, -0.2) is 4.98 Å². The molecule has 6 nitrogen and oxygen atoms in total. The van der Waals surface area contributed by atoms with Crippen LogP contribution in [-0.4, -0.2) is 23.1 Å². The van der Waals surface area contributed by atoms with Crippen molar-refractivity contribution in [2.45, 2.75) is 0 Å². The smallest absolute Gasteiger partial charge is 0.261 e. The number of thiocarbonyl (C=S) groups is 1. The van der Waals surface area contributed by atoms with Crippen molar-refractivity contribution in [3.8, 4) is 17.2 Å². The van der Waals surface area contributed by atoms with E-state index in [1.807, 2.05) is 18.2 Å². The lowest BCUT2D eigenvalue weighted by molar-refractivity contribution is 0.0975. The number of hydrogen-bond donors (Lipinski definition) is 2. The van der Waals surface area contributed by atoms with Crippen LogP contribution in [0.2, 0.25) is 10.0 Å². The number of oxazole rings is 1. The lowest BCUT2D eigenvalue weighted by Gasteiger charge is -2.13. The number of carbonyl (C=O) groups is 1. The van der Waals surface area contributed by atoms with Crippen LogP contribution >= 0.6 is 73.9 Å². The molecule has 0 radical (unpaired) electrons. The summed E-state index contributed by atoms with van der Waals surface area (Å²) in [5.74, 6) is 0.190. The molecule has 1 aromatic heterocycles. The molecule has 0 unspecified atom stereocenters. The molecule has 1 heterocycles. The fourth-order valence-electron chi connectivity index (χ4n) is 3.05. The number of anilines is 1. The first-order chi connectivity index (χ1) is 15.7. The number of hydrogen-bond acceptors (Lipinski definition) is 5. The van der Waals surface area contributed by atoms with E-state index >= 15 is 0 Å². The van der Waals surface area contributed by atoms with Crippen LogP contribution in [0.15, 0.2) is 57.4 Å². The number of amides is 1. The Bertz CT molecular complexity index is 1410. The van der Waals surface area contributed by atoms with Gasteiger partial charge in [-0.05, 0) is 99.3 Å². The van der Waals surface area contributed by atoms with E-state index in [1.165, 1.54) is 19.2 Å². The summed E-state index contributed by atoms with van der Waals surface area (Å²) in [6.07, 6.45) is 0. The van der Waals surface area contributed by atoms with Gasteiger partial charge in [0.2, 0.25) is 5.89 Å². The molecule has 33 heavy (non-hydrogen) atoms. The Morgan fingerprint density at radius 1 is 1.18 bits per heavy atom. The van der Waals surface area contributed by atoms with E-state index in [2.05, 4.69) is 54.1 Å². The van der Waals surface area contributed by atoms with Crippen LogP contribution in [0.5, 0.6) is 5.75 Å². The lowest BCUT2D eigenvalue weighted by Crippen LogP contribution is -2.34. The number of ether oxygens (including phenoxy) is 1. The van der Waals surface area contributed by atoms with E-state index in [0.29, 0.717) is 27.7 Å². The van der Waals surface area contributed by atoms with Gasteiger partial charge >= 0.3 is 0 Å². The molecule has 0 atom stereocenters. The topological polar surface area (TPSA) is 76.4 Å². The summed E-state index contributed by atoms with van der Waals surface area (Å²) in [6.45, 7) is 0. The van der Waals surface area contributed by atoms with Crippen LogP contribution in [0, 0.1) is 3.57 Å². The quantitative estimate of drug-likeness (QED) is 0.175. The van der Waals surface area contributed by atoms with Gasteiger partial charge in [0.1, 0.15) is 11.3 Å². The maximum Gasteiger partial charge on any atom is 0.261 e. The molecule has 4 aromatic rings. The number of nitrogens with zero attached hydrogens (tertiary/aromatic N) is 1. The van der Waals surface area contributed by atoms with Crippen LogP contribution in [-0.2, 0) is 0 Å². The lowest BCUT2D eigenvalue weighted by atomic mass is 10.2. The molecule has 0 fully saturated rings. The molecular formula is C22H13BrCl2IN3O3S. The number of aromatic nitrogens is 1. The predicted molar refractivity (Wildman–Crippen MR) is 147 cm³/mol. The molecular weight excluding hydrogens is 664 g/mol. The Labute approximate surface area is 226 Å². The standard InChI is InChI=1S/C22H13BrCl2IN3O3S/c1-31-19-14(6-10(24)7-16(19)25)20(30)29-22(33)27-12-3-5-18-17(9-12)28-21(32-18)13-8-11(26)2-4-15(13)23/h2-9H,1H3,(H2,27,29,30,33). The number of halogens is 4. The zero-order chi connectivity index (χ0) is 23.7. The monoisotopic (exact) mass is 675 g/mol. The third kappa shape index (κ3) is 5.43. The minimum absolute atomic E-state index is 0.0848. The molecule has 0 saturated carbocycles. The number of rotatable bonds is 4. The minimum Gasteiger partial charge on any atom is -0.494 e. The zero-order valence-corrected chi connectivity index (χ0v) is 22.8. The van der Waals surface area contributed by atoms with E-state index in [1.54, 1.807) is 18.2 Å². The summed E-state index contributed by atoms with van der Waals surface area (Å²) in [5.41, 5.74) is 2.90. The number of benzene rings is 3. The SMILES string of the molecule is COc1c(Cl)cc(Cl)cc1C(=O)NC(=S)Nc1ccc2oc(-c3cc(I)ccc3Br)nc2c1. The van der Waals surface area contributed by atoms with Crippen molar-refractivity contribution in [2.24, 2.45) is 0 Å². The second-order valence-corrected chi connectivity index (χ2v) is 10.1. The summed E-state index contributed by atoms with van der Waals surface area (Å²) in [7, 11) is 1.42. The maximum absolute atomic E-state index is 12.7. The van der Waals surface area contributed by atoms with Crippen molar-refractivity contribution in [3.63, 3.8) is 0 Å². The van der Waals surface area contributed by atoms with Gasteiger partial charge in [0.25, 0.3) is 5.91 Å². The molecule has 0 aliphatic heterocycles. The molecule has 0 spiro atoms. The van der Waals surface area contributed by atoms with Crippen LogP contribution in [0.1, 0.15) is 10.4 Å². The van der Waals surface area contributed by atoms with Crippen LogP contribution in [0.4, 0.5) is 5.69 Å². The van der Waals surface area contributed by atoms with Crippen LogP contribution in [0.25, 0.3) is 22.6 Å². The molecule has 1 amide bonds. The number of carbonyl (C=O) groups excluding carboxylic acids is 1. The summed E-state index contributed by atoms with van der Waals surface area (Å²) >= 11 is 23.2. The van der Waals surface area contributed by atoms with Gasteiger partial charge in [-0.2, -0.15) is 0 Å².